The number of carboxylic acid groups (broad SMARTS) is 1. The minimum Gasteiger partial charge on any atom is -0.480 e. The highest BCUT2D eigenvalue weighted by molar-refractivity contribution is 14.1. The van der Waals surface area contributed by atoms with Crippen LogP contribution < -0.4 is 10.6 Å². The number of hydrogen-bond acceptors (Lipinski definition) is 2. The molecule has 0 aliphatic rings. The van der Waals surface area contributed by atoms with Crippen LogP contribution in [0.15, 0.2) is 18.2 Å². The molecule has 0 bridgehead atoms. The predicted molar refractivity (Wildman–Crippen MR) is 82.2 cm³/mol. The third-order valence-electron chi connectivity index (χ3n) is 2.94. The van der Waals surface area contributed by atoms with Gasteiger partial charge in [0.05, 0.1) is 5.69 Å². The van der Waals surface area contributed by atoms with Gasteiger partial charge in [0.25, 0.3) is 0 Å². The molecule has 0 saturated carbocycles. The molecule has 0 fully saturated rings. The second kappa shape index (κ2) is 7.41. The fraction of sp³-hybridized carbons (Fsp3) is 0.385. The Kier molecular flexibility index (Phi) is 6.18. The second-order valence-electron chi connectivity index (χ2n) is 4.42. The zero-order valence-corrected chi connectivity index (χ0v) is 13.3. The van der Waals surface area contributed by atoms with Gasteiger partial charge in [-0.15, -0.1) is 0 Å². The first-order valence-corrected chi connectivity index (χ1v) is 7.18. The summed E-state index contributed by atoms with van der Waals surface area (Å²) in [5.74, 6) is -1.67. The normalized spacial score (nSPS) is 13.4. The summed E-state index contributed by atoms with van der Waals surface area (Å²) in [7, 11) is 0. The summed E-state index contributed by atoms with van der Waals surface area (Å²) in [6.45, 7) is 3.60. The van der Waals surface area contributed by atoms with Gasteiger partial charge in [0.2, 0.25) is 0 Å². The Balaban J connectivity index is 2.73. The van der Waals surface area contributed by atoms with E-state index in [1.54, 1.807) is 6.92 Å². The maximum atomic E-state index is 12.9. The van der Waals surface area contributed by atoms with Gasteiger partial charge in [-0.1, -0.05) is 20.3 Å². The molecule has 7 heteroatoms. The number of carboxylic acids is 1. The molecular weight excluding hydrogens is 378 g/mol. The van der Waals surface area contributed by atoms with Crippen LogP contribution in [0.1, 0.15) is 20.3 Å². The molecule has 0 saturated heterocycles. The highest BCUT2D eigenvalue weighted by Gasteiger charge is 2.25. The summed E-state index contributed by atoms with van der Waals surface area (Å²) in [5, 5.41) is 14.0. The molecule has 0 radical (unpaired) electrons. The van der Waals surface area contributed by atoms with Gasteiger partial charge < -0.3 is 15.7 Å². The number of urea groups is 1. The topological polar surface area (TPSA) is 78.4 Å². The van der Waals surface area contributed by atoms with Crippen molar-refractivity contribution in [2.24, 2.45) is 5.92 Å². The van der Waals surface area contributed by atoms with E-state index >= 15 is 0 Å². The van der Waals surface area contributed by atoms with Gasteiger partial charge >= 0.3 is 12.0 Å². The van der Waals surface area contributed by atoms with Crippen LogP contribution in [0.3, 0.4) is 0 Å². The smallest absolute Gasteiger partial charge is 0.326 e. The number of rotatable bonds is 5. The number of benzene rings is 1. The third-order valence-corrected chi connectivity index (χ3v) is 3.84. The molecule has 0 aliphatic carbocycles. The minimum absolute atomic E-state index is 0.189. The highest BCUT2D eigenvalue weighted by Crippen LogP contribution is 2.19. The lowest BCUT2D eigenvalue weighted by atomic mass is 9.99. The Morgan fingerprint density at radius 1 is 1.45 bits per heavy atom. The SMILES string of the molecule is CCC(C)C(NC(=O)Nc1ccc(F)cc1I)C(=O)O. The summed E-state index contributed by atoms with van der Waals surface area (Å²) >= 11 is 1.89. The fourth-order valence-electron chi connectivity index (χ4n) is 1.57. The summed E-state index contributed by atoms with van der Waals surface area (Å²) in [5.41, 5.74) is 0.429. The van der Waals surface area contributed by atoms with Gasteiger partial charge in [-0.05, 0) is 46.7 Å². The Labute approximate surface area is 130 Å². The molecule has 110 valence electrons. The molecule has 0 spiro atoms. The van der Waals surface area contributed by atoms with E-state index in [1.807, 2.05) is 29.5 Å². The number of carbonyl (C=O) groups is 2. The van der Waals surface area contributed by atoms with Gasteiger partial charge in [0.1, 0.15) is 11.9 Å². The van der Waals surface area contributed by atoms with Crippen molar-refractivity contribution >= 4 is 40.3 Å². The van der Waals surface area contributed by atoms with E-state index in [2.05, 4.69) is 10.6 Å². The van der Waals surface area contributed by atoms with Crippen LogP contribution >= 0.6 is 22.6 Å². The number of aliphatic carboxylic acids is 1. The Morgan fingerprint density at radius 2 is 2.10 bits per heavy atom. The van der Waals surface area contributed by atoms with E-state index in [1.165, 1.54) is 18.2 Å². The van der Waals surface area contributed by atoms with Crippen LogP contribution in [0, 0.1) is 15.3 Å². The largest absolute Gasteiger partial charge is 0.480 e. The van der Waals surface area contributed by atoms with E-state index in [9.17, 15) is 14.0 Å². The molecule has 3 N–H and O–H groups in total. The van der Waals surface area contributed by atoms with Crippen molar-refractivity contribution in [1.82, 2.24) is 5.32 Å². The number of amides is 2. The van der Waals surface area contributed by atoms with E-state index < -0.39 is 23.9 Å². The van der Waals surface area contributed by atoms with Crippen LogP contribution in [0.25, 0.3) is 0 Å². The van der Waals surface area contributed by atoms with Gasteiger partial charge in [-0.3, -0.25) is 0 Å². The van der Waals surface area contributed by atoms with Gasteiger partial charge in [0.15, 0.2) is 0 Å². The van der Waals surface area contributed by atoms with Crippen molar-refractivity contribution in [3.8, 4) is 0 Å². The van der Waals surface area contributed by atoms with Crippen molar-refractivity contribution in [3.05, 3.63) is 27.6 Å². The third kappa shape index (κ3) is 4.62. The van der Waals surface area contributed by atoms with Crippen molar-refractivity contribution in [2.45, 2.75) is 26.3 Å². The number of hydrogen-bond donors (Lipinski definition) is 3. The van der Waals surface area contributed by atoms with E-state index in [4.69, 9.17) is 5.11 Å². The highest BCUT2D eigenvalue weighted by atomic mass is 127. The van der Waals surface area contributed by atoms with Crippen molar-refractivity contribution in [2.75, 3.05) is 5.32 Å². The lowest BCUT2D eigenvalue weighted by molar-refractivity contribution is -0.140. The Hall–Kier alpha value is -1.38. The minimum atomic E-state index is -1.08. The van der Waals surface area contributed by atoms with Crippen molar-refractivity contribution in [3.63, 3.8) is 0 Å². The molecular formula is C13H16FIN2O3. The summed E-state index contributed by atoms with van der Waals surface area (Å²) in [6.07, 6.45) is 0.630. The maximum Gasteiger partial charge on any atom is 0.326 e. The lowest BCUT2D eigenvalue weighted by Crippen LogP contribution is -2.46. The van der Waals surface area contributed by atoms with Crippen LogP contribution in [0.4, 0.5) is 14.9 Å². The summed E-state index contributed by atoms with van der Waals surface area (Å²) < 4.78 is 13.5. The van der Waals surface area contributed by atoms with Crippen LogP contribution in [0.2, 0.25) is 0 Å². The second-order valence-corrected chi connectivity index (χ2v) is 5.59. The van der Waals surface area contributed by atoms with Crippen LogP contribution in [0.5, 0.6) is 0 Å². The molecule has 1 aromatic rings. The zero-order valence-electron chi connectivity index (χ0n) is 11.1. The number of carbonyl (C=O) groups excluding carboxylic acids is 1. The molecule has 2 unspecified atom stereocenters. The first kappa shape index (κ1) is 16.7. The molecule has 20 heavy (non-hydrogen) atoms. The van der Waals surface area contributed by atoms with Crippen molar-refractivity contribution < 1.29 is 19.1 Å². The molecule has 0 aliphatic heterocycles. The van der Waals surface area contributed by atoms with Gasteiger partial charge in [-0.2, -0.15) is 0 Å². The average Bonchev–Trinajstić information content (AvgIpc) is 2.38. The van der Waals surface area contributed by atoms with E-state index in [0.29, 0.717) is 15.7 Å². The zero-order chi connectivity index (χ0) is 15.3. The first-order valence-electron chi connectivity index (χ1n) is 6.10. The molecule has 1 rings (SSSR count). The fourth-order valence-corrected chi connectivity index (χ4v) is 2.19. The lowest BCUT2D eigenvalue weighted by Gasteiger charge is -2.20. The predicted octanol–water partition coefficient (Wildman–Crippen LogP) is 3.05. The van der Waals surface area contributed by atoms with E-state index in [-0.39, 0.29) is 5.92 Å². The number of nitrogens with one attached hydrogen (secondary N) is 2. The molecule has 0 heterocycles. The van der Waals surface area contributed by atoms with Crippen LogP contribution in [-0.4, -0.2) is 23.1 Å². The van der Waals surface area contributed by atoms with E-state index in [0.717, 1.165) is 0 Å². The molecule has 2 amide bonds. The maximum absolute atomic E-state index is 12.9. The van der Waals surface area contributed by atoms with Gasteiger partial charge in [-0.25, -0.2) is 14.0 Å². The number of halogens is 2. The quantitative estimate of drug-likeness (QED) is 0.672. The first-order chi connectivity index (χ1) is 9.35. The monoisotopic (exact) mass is 394 g/mol. The molecule has 5 nitrogen and oxygen atoms in total. The summed E-state index contributed by atoms with van der Waals surface area (Å²) in [4.78, 5) is 22.9. The van der Waals surface area contributed by atoms with Crippen molar-refractivity contribution in [1.29, 1.82) is 0 Å². The number of anilines is 1. The molecule has 1 aromatic carbocycles. The van der Waals surface area contributed by atoms with Crippen LogP contribution in [-0.2, 0) is 4.79 Å². The molecule has 2 atom stereocenters. The Bertz CT molecular complexity index is 510. The van der Waals surface area contributed by atoms with Gasteiger partial charge in [0, 0.05) is 3.57 Å². The average molecular weight is 394 g/mol. The molecule has 0 aromatic heterocycles. The Morgan fingerprint density at radius 3 is 2.60 bits per heavy atom. The standard InChI is InChI=1S/C13H16FIN2O3/c1-3-7(2)11(12(18)19)17-13(20)16-10-5-4-8(14)6-9(10)15/h4-7,11H,3H2,1-2H3,(H,18,19)(H2,16,17,20). The summed E-state index contributed by atoms with van der Waals surface area (Å²) in [6, 6.07) is 2.34.